The SMILES string of the molecule is CSCCN1CCOCC12CC2. The smallest absolute Gasteiger partial charge is 0.0651 e. The average Bonchev–Trinajstić information content (AvgIpc) is 2.85. The van der Waals surface area contributed by atoms with Gasteiger partial charge in [0.25, 0.3) is 0 Å². The van der Waals surface area contributed by atoms with Gasteiger partial charge >= 0.3 is 0 Å². The molecule has 2 rings (SSSR count). The van der Waals surface area contributed by atoms with Gasteiger partial charge in [-0.25, -0.2) is 0 Å². The van der Waals surface area contributed by atoms with E-state index >= 15 is 0 Å². The fraction of sp³-hybridized carbons (Fsp3) is 1.00. The minimum atomic E-state index is 0.494. The van der Waals surface area contributed by atoms with Crippen LogP contribution in [0.4, 0.5) is 0 Å². The first-order valence-corrected chi connectivity index (χ1v) is 6.08. The molecule has 0 N–H and O–H groups in total. The zero-order valence-electron chi connectivity index (χ0n) is 7.71. The van der Waals surface area contributed by atoms with E-state index in [1.54, 1.807) is 0 Å². The molecular formula is C9H17NOS. The minimum Gasteiger partial charge on any atom is -0.378 e. The fourth-order valence-corrected chi connectivity index (χ4v) is 2.32. The normalized spacial score (nSPS) is 27.8. The van der Waals surface area contributed by atoms with Gasteiger partial charge < -0.3 is 4.74 Å². The van der Waals surface area contributed by atoms with E-state index in [-0.39, 0.29) is 0 Å². The molecule has 1 aliphatic heterocycles. The van der Waals surface area contributed by atoms with Gasteiger partial charge in [0.2, 0.25) is 0 Å². The van der Waals surface area contributed by atoms with Gasteiger partial charge in [0.05, 0.1) is 13.2 Å². The molecule has 2 fully saturated rings. The quantitative estimate of drug-likeness (QED) is 0.659. The lowest BCUT2D eigenvalue weighted by molar-refractivity contribution is -0.0168. The van der Waals surface area contributed by atoms with Gasteiger partial charge in [-0.05, 0) is 19.1 Å². The van der Waals surface area contributed by atoms with E-state index in [4.69, 9.17) is 4.74 Å². The van der Waals surface area contributed by atoms with Crippen LogP contribution in [-0.4, -0.2) is 48.8 Å². The second-order valence-electron chi connectivity index (χ2n) is 3.76. The molecule has 0 atom stereocenters. The predicted octanol–water partition coefficient (Wildman–Crippen LogP) is 1.21. The molecule has 0 amide bonds. The molecule has 1 spiro atoms. The van der Waals surface area contributed by atoms with Gasteiger partial charge in [-0.2, -0.15) is 11.8 Å². The topological polar surface area (TPSA) is 12.5 Å². The second kappa shape index (κ2) is 3.56. The summed E-state index contributed by atoms with van der Waals surface area (Å²) >= 11 is 1.94. The van der Waals surface area contributed by atoms with Crippen LogP contribution in [0.1, 0.15) is 12.8 Å². The molecule has 0 aromatic carbocycles. The summed E-state index contributed by atoms with van der Waals surface area (Å²) in [6.07, 6.45) is 4.91. The number of hydrogen-bond acceptors (Lipinski definition) is 3. The number of rotatable bonds is 3. The van der Waals surface area contributed by atoms with Crippen LogP contribution < -0.4 is 0 Å². The highest BCUT2D eigenvalue weighted by molar-refractivity contribution is 7.98. The van der Waals surface area contributed by atoms with Gasteiger partial charge in [0.1, 0.15) is 0 Å². The fourth-order valence-electron chi connectivity index (χ4n) is 1.92. The summed E-state index contributed by atoms with van der Waals surface area (Å²) in [6, 6.07) is 0. The van der Waals surface area contributed by atoms with Crippen LogP contribution in [0.15, 0.2) is 0 Å². The minimum absolute atomic E-state index is 0.494. The Morgan fingerprint density at radius 3 is 3.00 bits per heavy atom. The zero-order valence-corrected chi connectivity index (χ0v) is 8.53. The van der Waals surface area contributed by atoms with Gasteiger partial charge in [0, 0.05) is 24.4 Å². The van der Waals surface area contributed by atoms with Crippen molar-refractivity contribution >= 4 is 11.8 Å². The molecule has 70 valence electrons. The Hall–Kier alpha value is 0.270. The van der Waals surface area contributed by atoms with Crippen LogP contribution in [0.25, 0.3) is 0 Å². The Morgan fingerprint density at radius 1 is 1.50 bits per heavy atom. The van der Waals surface area contributed by atoms with Crippen molar-refractivity contribution in [3.63, 3.8) is 0 Å². The summed E-state index contributed by atoms with van der Waals surface area (Å²) in [5.41, 5.74) is 0.494. The van der Waals surface area contributed by atoms with E-state index in [9.17, 15) is 0 Å². The molecule has 1 heterocycles. The molecule has 2 nitrogen and oxygen atoms in total. The number of hydrogen-bond donors (Lipinski definition) is 0. The maximum atomic E-state index is 5.51. The molecular weight excluding hydrogens is 170 g/mol. The van der Waals surface area contributed by atoms with E-state index < -0.39 is 0 Å². The number of nitrogens with zero attached hydrogens (tertiary/aromatic N) is 1. The Labute approximate surface area is 78.6 Å². The lowest BCUT2D eigenvalue weighted by Crippen LogP contribution is -2.48. The van der Waals surface area contributed by atoms with E-state index in [1.165, 1.54) is 25.1 Å². The van der Waals surface area contributed by atoms with E-state index in [0.29, 0.717) is 5.54 Å². The summed E-state index contributed by atoms with van der Waals surface area (Å²) < 4.78 is 5.51. The van der Waals surface area contributed by atoms with Gasteiger partial charge in [0.15, 0.2) is 0 Å². The highest BCUT2D eigenvalue weighted by Crippen LogP contribution is 2.43. The molecule has 2 aliphatic rings. The molecule has 0 unspecified atom stereocenters. The third-order valence-corrected chi connectivity index (χ3v) is 3.53. The molecule has 0 aromatic rings. The second-order valence-corrected chi connectivity index (χ2v) is 4.74. The van der Waals surface area contributed by atoms with Gasteiger partial charge in [-0.15, -0.1) is 0 Å². The van der Waals surface area contributed by atoms with Crippen LogP contribution in [0.5, 0.6) is 0 Å². The van der Waals surface area contributed by atoms with E-state index in [0.717, 1.165) is 19.8 Å². The molecule has 0 bridgehead atoms. The summed E-state index contributed by atoms with van der Waals surface area (Å²) in [7, 11) is 0. The molecule has 1 aliphatic carbocycles. The highest BCUT2D eigenvalue weighted by Gasteiger charge is 2.49. The number of thioether (sulfide) groups is 1. The first-order chi connectivity index (χ1) is 5.87. The van der Waals surface area contributed by atoms with Crippen LogP contribution >= 0.6 is 11.8 Å². The Balaban J connectivity index is 1.84. The van der Waals surface area contributed by atoms with Crippen molar-refractivity contribution in [2.45, 2.75) is 18.4 Å². The third kappa shape index (κ3) is 1.63. The zero-order chi connectivity index (χ0) is 8.44. The molecule has 3 heteroatoms. The van der Waals surface area contributed by atoms with Crippen molar-refractivity contribution < 1.29 is 4.74 Å². The van der Waals surface area contributed by atoms with Crippen LogP contribution in [0.3, 0.4) is 0 Å². The Kier molecular flexibility index (Phi) is 2.63. The molecule has 1 saturated heterocycles. The monoisotopic (exact) mass is 187 g/mol. The molecule has 12 heavy (non-hydrogen) atoms. The van der Waals surface area contributed by atoms with Crippen molar-refractivity contribution in [3.05, 3.63) is 0 Å². The average molecular weight is 187 g/mol. The summed E-state index contributed by atoms with van der Waals surface area (Å²) in [6.45, 7) is 4.34. The summed E-state index contributed by atoms with van der Waals surface area (Å²) in [5.74, 6) is 1.27. The first kappa shape index (κ1) is 8.85. The predicted molar refractivity (Wildman–Crippen MR) is 52.7 cm³/mol. The first-order valence-electron chi connectivity index (χ1n) is 4.69. The van der Waals surface area contributed by atoms with Crippen LogP contribution in [0.2, 0.25) is 0 Å². The highest BCUT2D eigenvalue weighted by atomic mass is 32.2. The molecule has 0 radical (unpaired) electrons. The molecule has 0 aromatic heterocycles. The molecule has 1 saturated carbocycles. The van der Waals surface area contributed by atoms with Gasteiger partial charge in [-0.1, -0.05) is 0 Å². The van der Waals surface area contributed by atoms with Crippen molar-refractivity contribution in [2.24, 2.45) is 0 Å². The van der Waals surface area contributed by atoms with E-state index in [2.05, 4.69) is 11.2 Å². The van der Waals surface area contributed by atoms with Crippen molar-refractivity contribution in [3.8, 4) is 0 Å². The maximum absolute atomic E-state index is 5.51. The maximum Gasteiger partial charge on any atom is 0.0651 e. The van der Waals surface area contributed by atoms with Gasteiger partial charge in [-0.3, -0.25) is 4.90 Å². The van der Waals surface area contributed by atoms with Crippen LogP contribution in [0, 0.1) is 0 Å². The number of ether oxygens (including phenoxy) is 1. The standard InChI is InChI=1S/C9H17NOS/c1-12-7-5-10-4-6-11-8-9(10)2-3-9/h2-8H2,1H3. The number of morpholine rings is 1. The third-order valence-electron chi connectivity index (χ3n) is 2.94. The Bertz CT molecular complexity index is 159. The Morgan fingerprint density at radius 2 is 2.33 bits per heavy atom. The largest absolute Gasteiger partial charge is 0.378 e. The van der Waals surface area contributed by atoms with Crippen molar-refractivity contribution in [1.29, 1.82) is 0 Å². The van der Waals surface area contributed by atoms with Crippen molar-refractivity contribution in [2.75, 3.05) is 38.3 Å². The summed E-state index contributed by atoms with van der Waals surface area (Å²) in [4.78, 5) is 2.63. The van der Waals surface area contributed by atoms with Crippen LogP contribution in [-0.2, 0) is 4.74 Å². The lowest BCUT2D eigenvalue weighted by Gasteiger charge is -2.35. The lowest BCUT2D eigenvalue weighted by atomic mass is 10.2. The summed E-state index contributed by atoms with van der Waals surface area (Å²) in [5, 5.41) is 0. The van der Waals surface area contributed by atoms with E-state index in [1.807, 2.05) is 11.8 Å². The van der Waals surface area contributed by atoms with Crippen molar-refractivity contribution in [1.82, 2.24) is 4.90 Å².